The molecule has 0 radical (unpaired) electrons. The van der Waals surface area contributed by atoms with Crippen LogP contribution in [0.2, 0.25) is 0 Å². The molecule has 136 valence electrons. The van der Waals surface area contributed by atoms with E-state index in [9.17, 15) is 9.59 Å². The number of benzene rings is 2. The van der Waals surface area contributed by atoms with Gasteiger partial charge in [-0.3, -0.25) is 4.79 Å². The van der Waals surface area contributed by atoms with Crippen LogP contribution in [0.1, 0.15) is 37.3 Å². The van der Waals surface area contributed by atoms with Crippen LogP contribution in [0, 0.1) is 0 Å². The van der Waals surface area contributed by atoms with Gasteiger partial charge >= 0.3 is 6.03 Å². The highest BCUT2D eigenvalue weighted by molar-refractivity contribution is 5.91. The predicted molar refractivity (Wildman–Crippen MR) is 103 cm³/mol. The Bertz CT molecular complexity index is 774. The highest BCUT2D eigenvalue weighted by Gasteiger charge is 2.30. The Morgan fingerprint density at radius 3 is 2.54 bits per heavy atom. The third-order valence-electron chi connectivity index (χ3n) is 4.60. The van der Waals surface area contributed by atoms with E-state index in [1.807, 2.05) is 54.6 Å². The number of urea groups is 1. The van der Waals surface area contributed by atoms with Gasteiger partial charge in [-0.1, -0.05) is 62.4 Å². The molecule has 1 aliphatic heterocycles. The third-order valence-corrected chi connectivity index (χ3v) is 4.60. The monoisotopic (exact) mass is 351 g/mol. The second kappa shape index (κ2) is 8.04. The molecule has 3 amide bonds. The summed E-state index contributed by atoms with van der Waals surface area (Å²) in [5.74, 6) is 0.391. The van der Waals surface area contributed by atoms with Gasteiger partial charge < -0.3 is 15.5 Å². The molecule has 1 aliphatic rings. The molecule has 2 aromatic rings. The molecule has 3 rings (SSSR count). The van der Waals surface area contributed by atoms with Crippen LogP contribution < -0.4 is 10.6 Å². The lowest BCUT2D eigenvalue weighted by molar-refractivity contribution is -0.128. The van der Waals surface area contributed by atoms with E-state index in [1.165, 1.54) is 0 Å². The van der Waals surface area contributed by atoms with Crippen LogP contribution >= 0.6 is 0 Å². The molecular formula is C21H25N3O2. The standard InChI is InChI=1S/C21H25N3O2/c1-15(2)18-10-6-7-11-19(18)23-21(26)22-17-12-20(25)24(14-17)13-16-8-4-3-5-9-16/h3-11,15,17H,12-14H2,1-2H3,(H2,22,23,26). The highest BCUT2D eigenvalue weighted by atomic mass is 16.2. The fourth-order valence-corrected chi connectivity index (χ4v) is 3.28. The summed E-state index contributed by atoms with van der Waals surface area (Å²) in [5, 5.41) is 5.85. The quantitative estimate of drug-likeness (QED) is 0.862. The van der Waals surface area contributed by atoms with Gasteiger partial charge in [-0.25, -0.2) is 4.79 Å². The van der Waals surface area contributed by atoms with Gasteiger partial charge in [0.25, 0.3) is 0 Å². The van der Waals surface area contributed by atoms with E-state index < -0.39 is 0 Å². The van der Waals surface area contributed by atoms with Crippen molar-refractivity contribution in [1.82, 2.24) is 10.2 Å². The Hall–Kier alpha value is -2.82. The first-order valence-corrected chi connectivity index (χ1v) is 9.01. The maximum absolute atomic E-state index is 12.4. The fraction of sp³-hybridized carbons (Fsp3) is 0.333. The minimum absolute atomic E-state index is 0.0710. The van der Waals surface area contributed by atoms with Crippen molar-refractivity contribution in [2.45, 2.75) is 38.8 Å². The number of likely N-dealkylation sites (tertiary alicyclic amines) is 1. The van der Waals surface area contributed by atoms with Gasteiger partial charge in [-0.15, -0.1) is 0 Å². The Morgan fingerprint density at radius 1 is 1.12 bits per heavy atom. The molecule has 2 aromatic carbocycles. The minimum atomic E-state index is -0.266. The number of carbonyl (C=O) groups is 2. The van der Waals surface area contributed by atoms with Crippen molar-refractivity contribution >= 4 is 17.6 Å². The fourth-order valence-electron chi connectivity index (χ4n) is 3.28. The summed E-state index contributed by atoms with van der Waals surface area (Å²) >= 11 is 0. The van der Waals surface area contributed by atoms with E-state index in [4.69, 9.17) is 0 Å². The van der Waals surface area contributed by atoms with E-state index in [0.717, 1.165) is 16.8 Å². The summed E-state index contributed by atoms with van der Waals surface area (Å²) in [7, 11) is 0. The van der Waals surface area contributed by atoms with Crippen molar-refractivity contribution in [3.63, 3.8) is 0 Å². The Kier molecular flexibility index (Phi) is 5.56. The zero-order chi connectivity index (χ0) is 18.5. The number of amides is 3. The molecule has 0 aliphatic carbocycles. The van der Waals surface area contributed by atoms with Crippen LogP contribution in [-0.2, 0) is 11.3 Å². The molecule has 0 spiro atoms. The average molecular weight is 351 g/mol. The number of rotatable bonds is 5. The Balaban J connectivity index is 1.56. The van der Waals surface area contributed by atoms with Gasteiger partial charge in [0.1, 0.15) is 0 Å². The molecule has 1 fully saturated rings. The second-order valence-electron chi connectivity index (χ2n) is 7.00. The zero-order valence-corrected chi connectivity index (χ0v) is 15.2. The van der Waals surface area contributed by atoms with Crippen molar-refractivity contribution in [3.05, 3.63) is 65.7 Å². The average Bonchev–Trinajstić information content (AvgIpc) is 2.95. The van der Waals surface area contributed by atoms with Crippen molar-refractivity contribution in [1.29, 1.82) is 0 Å². The lowest BCUT2D eigenvalue weighted by atomic mass is 10.0. The van der Waals surface area contributed by atoms with Crippen LogP contribution in [0.15, 0.2) is 54.6 Å². The topological polar surface area (TPSA) is 61.4 Å². The molecule has 0 aromatic heterocycles. The molecule has 1 atom stereocenters. The van der Waals surface area contributed by atoms with Crippen LogP contribution in [0.25, 0.3) is 0 Å². The number of carbonyl (C=O) groups excluding carboxylic acids is 2. The summed E-state index contributed by atoms with van der Waals surface area (Å²) in [6.07, 6.45) is 0.339. The second-order valence-corrected chi connectivity index (χ2v) is 7.00. The number of nitrogens with one attached hydrogen (secondary N) is 2. The molecule has 0 bridgehead atoms. The van der Waals surface area contributed by atoms with E-state index in [1.54, 1.807) is 4.90 Å². The summed E-state index contributed by atoms with van der Waals surface area (Å²) in [6, 6.07) is 17.2. The third kappa shape index (κ3) is 4.42. The molecule has 1 heterocycles. The van der Waals surface area contributed by atoms with E-state index in [2.05, 4.69) is 24.5 Å². The zero-order valence-electron chi connectivity index (χ0n) is 15.2. The lowest BCUT2D eigenvalue weighted by Gasteiger charge is -2.18. The summed E-state index contributed by atoms with van der Waals surface area (Å²) in [4.78, 5) is 26.4. The largest absolute Gasteiger partial charge is 0.336 e. The van der Waals surface area contributed by atoms with Crippen molar-refractivity contribution in [3.8, 4) is 0 Å². The molecule has 1 saturated heterocycles. The Labute approximate surface area is 154 Å². The number of nitrogens with zero attached hydrogens (tertiary/aromatic N) is 1. The lowest BCUT2D eigenvalue weighted by Crippen LogP contribution is -2.39. The maximum Gasteiger partial charge on any atom is 0.319 e. The molecule has 5 heteroatoms. The predicted octanol–water partition coefficient (Wildman–Crippen LogP) is 3.73. The van der Waals surface area contributed by atoms with Crippen molar-refractivity contribution in [2.75, 3.05) is 11.9 Å². The molecule has 5 nitrogen and oxygen atoms in total. The normalized spacial score (nSPS) is 16.8. The maximum atomic E-state index is 12.4. The van der Waals surface area contributed by atoms with Crippen molar-refractivity contribution in [2.24, 2.45) is 0 Å². The Morgan fingerprint density at radius 2 is 1.81 bits per heavy atom. The number of hydrogen-bond acceptors (Lipinski definition) is 2. The van der Waals surface area contributed by atoms with E-state index in [-0.39, 0.29) is 18.0 Å². The smallest absolute Gasteiger partial charge is 0.319 e. The first kappa shape index (κ1) is 18.0. The van der Waals surface area contributed by atoms with Gasteiger partial charge in [0.05, 0.1) is 6.04 Å². The molecule has 2 N–H and O–H groups in total. The molecule has 0 saturated carbocycles. The minimum Gasteiger partial charge on any atom is -0.336 e. The summed E-state index contributed by atoms with van der Waals surface area (Å²) in [5.41, 5.74) is 3.00. The van der Waals surface area contributed by atoms with Gasteiger partial charge in [-0.2, -0.15) is 0 Å². The first-order chi connectivity index (χ1) is 12.5. The van der Waals surface area contributed by atoms with E-state index >= 15 is 0 Å². The summed E-state index contributed by atoms with van der Waals surface area (Å²) in [6.45, 7) is 5.30. The van der Waals surface area contributed by atoms with Gasteiger partial charge in [0.15, 0.2) is 0 Å². The van der Waals surface area contributed by atoms with Crippen LogP contribution in [0.4, 0.5) is 10.5 Å². The SMILES string of the molecule is CC(C)c1ccccc1NC(=O)NC1CC(=O)N(Cc2ccccc2)C1. The van der Waals surface area contributed by atoms with Gasteiger partial charge in [0.2, 0.25) is 5.91 Å². The van der Waals surface area contributed by atoms with Crippen LogP contribution in [-0.4, -0.2) is 29.4 Å². The summed E-state index contributed by atoms with van der Waals surface area (Å²) < 4.78 is 0. The van der Waals surface area contributed by atoms with E-state index in [0.29, 0.717) is 25.4 Å². The molecule has 1 unspecified atom stereocenters. The number of para-hydroxylation sites is 1. The van der Waals surface area contributed by atoms with Crippen LogP contribution in [0.3, 0.4) is 0 Å². The van der Waals surface area contributed by atoms with Gasteiger partial charge in [0, 0.05) is 25.2 Å². The molecule has 26 heavy (non-hydrogen) atoms. The number of anilines is 1. The molecular weight excluding hydrogens is 326 g/mol. The first-order valence-electron chi connectivity index (χ1n) is 9.01. The number of hydrogen-bond donors (Lipinski definition) is 2. The van der Waals surface area contributed by atoms with Crippen molar-refractivity contribution < 1.29 is 9.59 Å². The van der Waals surface area contributed by atoms with Gasteiger partial charge in [-0.05, 0) is 23.1 Å². The highest BCUT2D eigenvalue weighted by Crippen LogP contribution is 2.23. The van der Waals surface area contributed by atoms with Crippen LogP contribution in [0.5, 0.6) is 0 Å².